The normalized spacial score (nSPS) is 11.9. The van der Waals surface area contributed by atoms with Gasteiger partial charge in [-0.2, -0.15) is 0 Å². The van der Waals surface area contributed by atoms with Crippen LogP contribution in [0.3, 0.4) is 0 Å². The monoisotopic (exact) mass is 742 g/mol. The summed E-state index contributed by atoms with van der Waals surface area (Å²) in [5.41, 5.74) is 19.5. The molecule has 2 aliphatic heterocycles. The van der Waals surface area contributed by atoms with E-state index in [4.69, 9.17) is 19.9 Å². The van der Waals surface area contributed by atoms with E-state index in [1.807, 2.05) is 72.8 Å². The number of carbonyl (C=O) groups is 1. The van der Waals surface area contributed by atoms with E-state index in [9.17, 15) is 9.90 Å². The first-order chi connectivity index (χ1) is 25.1. The van der Waals surface area contributed by atoms with Crippen LogP contribution in [0.1, 0.15) is 72.1 Å². The van der Waals surface area contributed by atoms with E-state index in [0.717, 1.165) is 101 Å². The smallest absolute Gasteiger partial charge is 0.657 e. The fraction of sp³-hybridized carbons (Fsp3) is 0.152. The van der Waals surface area contributed by atoms with Gasteiger partial charge in [-0.15, -0.1) is 22.1 Å². The molecule has 0 saturated carbocycles. The number of aldehydes is 1. The van der Waals surface area contributed by atoms with Crippen molar-refractivity contribution in [1.29, 1.82) is 0 Å². The Bertz CT molecular complexity index is 2590. The van der Waals surface area contributed by atoms with Crippen molar-refractivity contribution >= 4 is 52.7 Å². The predicted molar refractivity (Wildman–Crippen MR) is 213 cm³/mol. The summed E-state index contributed by atoms with van der Waals surface area (Å²) in [5, 5.41) is 9.84. The van der Waals surface area contributed by atoms with Crippen molar-refractivity contribution in [3.63, 3.8) is 0 Å². The summed E-state index contributed by atoms with van der Waals surface area (Å²) in [5.74, 6) is 0. The van der Waals surface area contributed by atoms with Crippen molar-refractivity contribution in [1.82, 2.24) is 19.9 Å². The number of aliphatic hydroxyl groups is 1. The minimum absolute atomic E-state index is 0. The van der Waals surface area contributed by atoms with Gasteiger partial charge >= 0.3 is 19.5 Å². The maximum Gasteiger partial charge on any atom is 2.00 e. The summed E-state index contributed by atoms with van der Waals surface area (Å²) in [7, 11) is 0. The number of fused-ring (bicyclic) bond motifs is 8. The van der Waals surface area contributed by atoms with E-state index in [-0.39, 0.29) is 26.1 Å². The second kappa shape index (κ2) is 14.2. The van der Waals surface area contributed by atoms with Crippen LogP contribution in [0, 0.1) is 41.5 Å². The van der Waals surface area contributed by atoms with Crippen LogP contribution in [0.5, 0.6) is 0 Å². The molecule has 53 heavy (non-hydrogen) atoms. The molecule has 8 rings (SSSR count). The van der Waals surface area contributed by atoms with E-state index >= 15 is 0 Å². The van der Waals surface area contributed by atoms with E-state index in [1.165, 1.54) is 11.1 Å². The third-order valence-electron chi connectivity index (χ3n) is 10.0. The van der Waals surface area contributed by atoms with Gasteiger partial charge in [0.2, 0.25) is 0 Å². The molecule has 1 N–H and O–H groups in total. The maximum atomic E-state index is 12.8. The fourth-order valence-corrected chi connectivity index (χ4v) is 7.96. The van der Waals surface area contributed by atoms with Crippen LogP contribution < -0.4 is 9.97 Å². The Kier molecular flexibility index (Phi) is 9.58. The largest absolute Gasteiger partial charge is 2.00 e. The summed E-state index contributed by atoms with van der Waals surface area (Å²) in [6, 6.07) is 24.6. The van der Waals surface area contributed by atoms with Crippen LogP contribution >= 0.6 is 0 Å². The molecule has 0 amide bonds. The molecule has 7 heteroatoms. The van der Waals surface area contributed by atoms with E-state index in [0.29, 0.717) is 16.8 Å². The Morgan fingerprint density at radius 2 is 0.925 bits per heavy atom. The topological polar surface area (TPSA) is 91.3 Å². The summed E-state index contributed by atoms with van der Waals surface area (Å²) < 4.78 is 0. The predicted octanol–water partition coefficient (Wildman–Crippen LogP) is 10.1. The zero-order valence-electron chi connectivity index (χ0n) is 30.9. The van der Waals surface area contributed by atoms with Crippen molar-refractivity contribution in [3.05, 3.63) is 140 Å². The number of aromatic nitrogens is 4. The number of carbonyl (C=O) groups excluding carboxylic acids is 1. The molecule has 0 unspecified atom stereocenters. The number of aliphatic hydroxyl groups excluding tert-OH is 1. The summed E-state index contributed by atoms with van der Waals surface area (Å²) in [6.07, 6.45) is 8.83. The standard InChI is InChI=1S/C46H39N4O2.Zn/c1-25-19-27(3)42(28(4)20-25)45-38-13-11-34(47-38)33(24-52)35-12-14-39(48-35)46(43-29(5)21-26(2)22-30(43)6)41-18-16-37(50-41)44(36-15-17-40(45)49-36)32-9-7-31(23-51)8-10-32;/h7-22,24,51H,23H2,1-6H3,(H-,47,48,49,50,52);/q-1;+2/p-1. The van der Waals surface area contributed by atoms with Crippen LogP contribution in [-0.4, -0.2) is 21.4 Å². The second-order valence-corrected chi connectivity index (χ2v) is 13.9. The molecule has 0 fully saturated rings. The van der Waals surface area contributed by atoms with Crippen molar-refractivity contribution < 1.29 is 29.4 Å². The zero-order chi connectivity index (χ0) is 36.3. The number of aryl methyl sites for hydroxylation is 6. The van der Waals surface area contributed by atoms with Crippen LogP contribution in [-0.2, 0) is 26.1 Å². The average Bonchev–Trinajstić information content (AvgIpc) is 3.94. The Morgan fingerprint density at radius 3 is 1.40 bits per heavy atom. The number of hydrogen-bond acceptors (Lipinski definition) is 4. The van der Waals surface area contributed by atoms with Gasteiger partial charge in [0.05, 0.1) is 29.4 Å². The first kappa shape index (κ1) is 35.9. The van der Waals surface area contributed by atoms with Crippen molar-refractivity contribution in [3.8, 4) is 33.4 Å². The van der Waals surface area contributed by atoms with Gasteiger partial charge in [-0.3, -0.25) is 4.79 Å². The molecule has 0 aliphatic carbocycles. The van der Waals surface area contributed by atoms with E-state index < -0.39 is 0 Å². The number of rotatable bonds is 5. The molecule has 8 bridgehead atoms. The minimum Gasteiger partial charge on any atom is -0.657 e. The average molecular weight is 744 g/mol. The summed E-state index contributed by atoms with van der Waals surface area (Å²) in [6.45, 7) is 12.6. The second-order valence-electron chi connectivity index (χ2n) is 13.9. The maximum absolute atomic E-state index is 12.8. The van der Waals surface area contributed by atoms with Gasteiger partial charge < -0.3 is 15.1 Å². The van der Waals surface area contributed by atoms with Crippen molar-refractivity contribution in [2.24, 2.45) is 0 Å². The molecular formula is C46H38N4O2Zn. The molecule has 3 aromatic carbocycles. The third-order valence-corrected chi connectivity index (χ3v) is 10.0. The van der Waals surface area contributed by atoms with Crippen LogP contribution in [0.4, 0.5) is 0 Å². The van der Waals surface area contributed by atoms with Gasteiger partial charge in [0.25, 0.3) is 0 Å². The van der Waals surface area contributed by atoms with Crippen molar-refractivity contribution in [2.75, 3.05) is 0 Å². The Labute approximate surface area is 322 Å². The first-order valence-corrected chi connectivity index (χ1v) is 17.5. The number of hydrogen-bond donors (Lipinski definition) is 1. The molecule has 6 aromatic rings. The van der Waals surface area contributed by atoms with Gasteiger partial charge in [-0.05, 0) is 127 Å². The van der Waals surface area contributed by atoms with Gasteiger partial charge in [0, 0.05) is 5.56 Å². The van der Waals surface area contributed by atoms with Crippen LogP contribution in [0.2, 0.25) is 0 Å². The molecule has 0 spiro atoms. The molecule has 3 aromatic heterocycles. The zero-order valence-corrected chi connectivity index (χ0v) is 33.8. The summed E-state index contributed by atoms with van der Waals surface area (Å²) in [4.78, 5) is 33.7. The quantitative estimate of drug-likeness (QED) is 0.139. The summed E-state index contributed by atoms with van der Waals surface area (Å²) >= 11 is 0. The Morgan fingerprint density at radius 1 is 0.528 bits per heavy atom. The van der Waals surface area contributed by atoms with E-state index in [1.54, 1.807) is 0 Å². The Balaban J connectivity index is 0.00000435. The minimum atomic E-state index is -0.0408. The van der Waals surface area contributed by atoms with E-state index in [2.05, 4.69) is 65.8 Å². The van der Waals surface area contributed by atoms with Crippen LogP contribution in [0.25, 0.3) is 79.8 Å². The molecule has 5 heterocycles. The Hall–Kier alpha value is -5.49. The number of benzene rings is 3. The van der Waals surface area contributed by atoms with Gasteiger partial charge in [0.15, 0.2) is 6.29 Å². The molecule has 0 saturated heterocycles. The molecular weight excluding hydrogens is 706 g/mol. The first-order valence-electron chi connectivity index (χ1n) is 17.5. The SMILES string of the molecule is Cc1cc(C)c(-c2c3nc(c(-c4ccc(CO)cc4)c4ccc([n-]4)c(-c4c(C)cc(C)cc4C)c4nc(c(C=O)c5ccc2[n-]5)C=C4)C=C3)c(C)c1.[Zn+2]. The third kappa shape index (κ3) is 6.35. The molecule has 6 nitrogen and oxygen atoms in total. The molecule has 256 valence electrons. The molecule has 0 radical (unpaired) electrons. The molecule has 2 aliphatic rings. The number of nitrogens with zero attached hydrogens (tertiary/aromatic N) is 4. The van der Waals surface area contributed by atoms with Gasteiger partial charge in [-0.25, -0.2) is 9.97 Å². The molecule has 0 atom stereocenters. The van der Waals surface area contributed by atoms with Gasteiger partial charge in [-0.1, -0.05) is 83.9 Å². The van der Waals surface area contributed by atoms with Gasteiger partial charge in [0.1, 0.15) is 0 Å². The van der Waals surface area contributed by atoms with Crippen LogP contribution in [0.15, 0.2) is 72.8 Å². The fourth-order valence-electron chi connectivity index (χ4n) is 7.96. The van der Waals surface area contributed by atoms with Crippen molar-refractivity contribution in [2.45, 2.75) is 48.1 Å².